The van der Waals surface area contributed by atoms with Crippen LogP contribution in [-0.4, -0.2) is 30.6 Å². The number of urea groups is 1. The zero-order valence-corrected chi connectivity index (χ0v) is 13.6. The Morgan fingerprint density at radius 3 is 2.61 bits per heavy atom. The van der Waals surface area contributed by atoms with Crippen LogP contribution in [0.5, 0.6) is 0 Å². The highest BCUT2D eigenvalue weighted by molar-refractivity contribution is 7.10. The number of anilines is 1. The molecule has 3 rings (SSSR count). The molecule has 0 saturated carbocycles. The van der Waals surface area contributed by atoms with Gasteiger partial charge < -0.3 is 10.6 Å². The van der Waals surface area contributed by atoms with Crippen LogP contribution in [0.4, 0.5) is 14.9 Å². The van der Waals surface area contributed by atoms with Gasteiger partial charge in [-0.25, -0.2) is 9.18 Å². The molecule has 2 amide bonds. The molecular formula is C17H20FN3OS. The molecule has 1 fully saturated rings. The predicted molar refractivity (Wildman–Crippen MR) is 91.3 cm³/mol. The molecule has 1 aliphatic heterocycles. The summed E-state index contributed by atoms with van der Waals surface area (Å²) < 4.78 is 12.9. The van der Waals surface area contributed by atoms with Gasteiger partial charge in [-0.15, -0.1) is 11.3 Å². The molecule has 1 saturated heterocycles. The summed E-state index contributed by atoms with van der Waals surface area (Å²) in [6.45, 7) is 2.71. The second-order valence-electron chi connectivity index (χ2n) is 5.62. The molecule has 2 N–H and O–H groups in total. The third-order valence-corrected chi connectivity index (χ3v) is 4.98. The van der Waals surface area contributed by atoms with E-state index < -0.39 is 0 Å². The second-order valence-corrected chi connectivity index (χ2v) is 6.60. The van der Waals surface area contributed by atoms with Crippen molar-refractivity contribution in [2.45, 2.75) is 18.9 Å². The van der Waals surface area contributed by atoms with Crippen LogP contribution in [0, 0.1) is 5.82 Å². The van der Waals surface area contributed by atoms with Gasteiger partial charge in [0.1, 0.15) is 5.82 Å². The summed E-state index contributed by atoms with van der Waals surface area (Å²) in [7, 11) is 0. The average Bonchev–Trinajstić information content (AvgIpc) is 3.24. The van der Waals surface area contributed by atoms with Crippen molar-refractivity contribution in [3.05, 3.63) is 52.5 Å². The predicted octanol–water partition coefficient (Wildman–Crippen LogP) is 3.85. The zero-order chi connectivity index (χ0) is 16.1. The summed E-state index contributed by atoms with van der Waals surface area (Å²) in [5.74, 6) is -0.317. The van der Waals surface area contributed by atoms with Crippen LogP contribution < -0.4 is 10.6 Å². The SMILES string of the molecule is O=C(NCC(c1cccs1)N1CCCC1)Nc1ccc(F)cc1. The molecule has 1 aliphatic rings. The van der Waals surface area contributed by atoms with E-state index in [1.165, 1.54) is 29.9 Å². The lowest BCUT2D eigenvalue weighted by molar-refractivity contribution is 0.229. The summed E-state index contributed by atoms with van der Waals surface area (Å²) in [5, 5.41) is 7.73. The number of hydrogen-bond acceptors (Lipinski definition) is 3. The summed E-state index contributed by atoms with van der Waals surface area (Å²) in [6.07, 6.45) is 2.42. The third kappa shape index (κ3) is 4.30. The van der Waals surface area contributed by atoms with Crippen molar-refractivity contribution in [2.75, 3.05) is 25.0 Å². The van der Waals surface area contributed by atoms with Crippen molar-refractivity contribution in [2.24, 2.45) is 0 Å². The van der Waals surface area contributed by atoms with E-state index in [-0.39, 0.29) is 17.9 Å². The lowest BCUT2D eigenvalue weighted by atomic mass is 10.2. The Kier molecular flexibility index (Phi) is 5.25. The van der Waals surface area contributed by atoms with Crippen molar-refractivity contribution in [1.82, 2.24) is 10.2 Å². The van der Waals surface area contributed by atoms with E-state index in [0.29, 0.717) is 12.2 Å². The maximum atomic E-state index is 12.9. The average molecular weight is 333 g/mol. The van der Waals surface area contributed by atoms with Crippen LogP contribution >= 0.6 is 11.3 Å². The number of amides is 2. The van der Waals surface area contributed by atoms with Crippen LogP contribution in [0.25, 0.3) is 0 Å². The molecule has 23 heavy (non-hydrogen) atoms. The highest BCUT2D eigenvalue weighted by Gasteiger charge is 2.24. The minimum atomic E-state index is -0.317. The third-order valence-electron chi connectivity index (χ3n) is 4.01. The number of hydrogen-bond donors (Lipinski definition) is 2. The number of carbonyl (C=O) groups is 1. The van der Waals surface area contributed by atoms with Gasteiger partial charge in [-0.3, -0.25) is 4.90 Å². The molecule has 4 nitrogen and oxygen atoms in total. The summed E-state index contributed by atoms with van der Waals surface area (Å²) in [4.78, 5) is 15.7. The van der Waals surface area contributed by atoms with Crippen LogP contribution in [0.15, 0.2) is 41.8 Å². The Morgan fingerprint density at radius 2 is 1.96 bits per heavy atom. The van der Waals surface area contributed by atoms with Crippen molar-refractivity contribution >= 4 is 23.1 Å². The van der Waals surface area contributed by atoms with E-state index in [0.717, 1.165) is 13.1 Å². The molecule has 0 spiro atoms. The Bertz CT molecular complexity index is 624. The van der Waals surface area contributed by atoms with Crippen LogP contribution in [0.3, 0.4) is 0 Å². The monoisotopic (exact) mass is 333 g/mol. The van der Waals surface area contributed by atoms with E-state index in [1.54, 1.807) is 23.5 Å². The lowest BCUT2D eigenvalue weighted by Crippen LogP contribution is -2.38. The van der Waals surface area contributed by atoms with E-state index >= 15 is 0 Å². The van der Waals surface area contributed by atoms with E-state index in [9.17, 15) is 9.18 Å². The first-order valence-corrected chi connectivity index (χ1v) is 8.68. The number of nitrogens with zero attached hydrogens (tertiary/aromatic N) is 1. The van der Waals surface area contributed by atoms with Gasteiger partial charge in [0.15, 0.2) is 0 Å². The van der Waals surface area contributed by atoms with E-state index in [2.05, 4.69) is 27.0 Å². The Labute approximate surface area is 139 Å². The van der Waals surface area contributed by atoms with Gasteiger partial charge in [-0.2, -0.15) is 0 Å². The maximum Gasteiger partial charge on any atom is 0.319 e. The van der Waals surface area contributed by atoms with Crippen molar-refractivity contribution in [3.63, 3.8) is 0 Å². The first-order chi connectivity index (χ1) is 11.2. The molecule has 1 atom stereocenters. The molecule has 2 aromatic rings. The van der Waals surface area contributed by atoms with E-state index in [4.69, 9.17) is 0 Å². The molecule has 122 valence electrons. The standard InChI is InChI=1S/C17H20FN3OS/c18-13-5-7-14(8-6-13)20-17(22)19-12-15(16-4-3-11-23-16)21-9-1-2-10-21/h3-8,11,15H,1-2,9-10,12H2,(H2,19,20,22). The molecule has 2 heterocycles. The number of thiophene rings is 1. The van der Waals surface area contributed by atoms with Crippen LogP contribution in [0.2, 0.25) is 0 Å². The number of carbonyl (C=O) groups excluding carboxylic acids is 1. The Morgan fingerprint density at radius 1 is 1.22 bits per heavy atom. The van der Waals surface area contributed by atoms with Crippen LogP contribution in [-0.2, 0) is 0 Å². The number of rotatable bonds is 5. The topological polar surface area (TPSA) is 44.4 Å². The largest absolute Gasteiger partial charge is 0.336 e. The quantitative estimate of drug-likeness (QED) is 0.873. The van der Waals surface area contributed by atoms with Gasteiger partial charge >= 0.3 is 6.03 Å². The normalized spacial score (nSPS) is 16.2. The van der Waals surface area contributed by atoms with E-state index in [1.807, 2.05) is 6.07 Å². The molecule has 1 aromatic heterocycles. The van der Waals surface area contributed by atoms with Gasteiger partial charge in [0.05, 0.1) is 6.04 Å². The maximum absolute atomic E-state index is 12.9. The summed E-state index contributed by atoms with van der Waals surface area (Å²) in [6, 6.07) is 9.87. The number of halogens is 1. The second kappa shape index (κ2) is 7.57. The Hall–Kier alpha value is -1.92. The minimum Gasteiger partial charge on any atom is -0.336 e. The smallest absolute Gasteiger partial charge is 0.319 e. The molecule has 0 bridgehead atoms. The lowest BCUT2D eigenvalue weighted by Gasteiger charge is -2.26. The number of likely N-dealkylation sites (tertiary alicyclic amines) is 1. The fourth-order valence-electron chi connectivity index (χ4n) is 2.84. The summed E-state index contributed by atoms with van der Waals surface area (Å²) in [5.41, 5.74) is 0.581. The highest BCUT2D eigenvalue weighted by atomic mass is 32.1. The Balaban J connectivity index is 1.57. The first-order valence-electron chi connectivity index (χ1n) is 7.80. The zero-order valence-electron chi connectivity index (χ0n) is 12.8. The van der Waals surface area contributed by atoms with Gasteiger partial charge in [-0.05, 0) is 61.6 Å². The molecule has 1 aromatic carbocycles. The van der Waals surface area contributed by atoms with Crippen molar-refractivity contribution < 1.29 is 9.18 Å². The number of nitrogens with one attached hydrogen (secondary N) is 2. The molecular weight excluding hydrogens is 313 g/mol. The molecule has 0 aliphatic carbocycles. The highest BCUT2D eigenvalue weighted by Crippen LogP contribution is 2.27. The first kappa shape index (κ1) is 16.0. The number of benzene rings is 1. The summed E-state index contributed by atoms with van der Waals surface area (Å²) >= 11 is 1.72. The van der Waals surface area contributed by atoms with Crippen LogP contribution in [0.1, 0.15) is 23.8 Å². The van der Waals surface area contributed by atoms with Crippen molar-refractivity contribution in [3.8, 4) is 0 Å². The minimum absolute atomic E-state index is 0.219. The van der Waals surface area contributed by atoms with Crippen molar-refractivity contribution in [1.29, 1.82) is 0 Å². The van der Waals surface area contributed by atoms with Gasteiger partial charge in [-0.1, -0.05) is 6.07 Å². The fraction of sp³-hybridized carbons (Fsp3) is 0.353. The van der Waals surface area contributed by atoms with Gasteiger partial charge in [0, 0.05) is 17.1 Å². The van der Waals surface area contributed by atoms with Gasteiger partial charge in [0.2, 0.25) is 0 Å². The fourth-order valence-corrected chi connectivity index (χ4v) is 3.70. The van der Waals surface area contributed by atoms with Gasteiger partial charge in [0.25, 0.3) is 0 Å². The molecule has 6 heteroatoms. The molecule has 1 unspecified atom stereocenters. The molecule has 0 radical (unpaired) electrons.